The molecule has 17 heavy (non-hydrogen) atoms. The minimum absolute atomic E-state index is 0.0288. The number of carbonyl (C=O) groups is 1. The molecule has 5 nitrogen and oxygen atoms in total. The maximum absolute atomic E-state index is 11.4. The zero-order valence-electron chi connectivity index (χ0n) is 10.4. The Bertz CT molecular complexity index is 275. The van der Waals surface area contributed by atoms with Crippen molar-refractivity contribution in [3.05, 3.63) is 0 Å². The molecule has 0 aliphatic heterocycles. The van der Waals surface area contributed by atoms with Gasteiger partial charge < -0.3 is 15.4 Å². The first-order valence-corrected chi connectivity index (χ1v) is 6.16. The van der Waals surface area contributed by atoms with Crippen LogP contribution in [0.3, 0.4) is 0 Å². The number of rotatable bonds is 7. The summed E-state index contributed by atoms with van der Waals surface area (Å²) in [6, 6.07) is 2.58. The molecular formula is C12H21N3O2. The number of hydrogen-bond donors (Lipinski definition) is 2. The quantitative estimate of drug-likeness (QED) is 0.631. The smallest absolute Gasteiger partial charge is 0.221 e. The zero-order valence-corrected chi connectivity index (χ0v) is 10.4. The second kappa shape index (κ2) is 8.04. The molecule has 1 aliphatic carbocycles. The van der Waals surface area contributed by atoms with Crippen molar-refractivity contribution in [3.63, 3.8) is 0 Å². The predicted molar refractivity (Wildman–Crippen MR) is 64.2 cm³/mol. The van der Waals surface area contributed by atoms with Crippen LogP contribution in [-0.4, -0.2) is 38.8 Å². The first-order valence-electron chi connectivity index (χ1n) is 6.16. The maximum Gasteiger partial charge on any atom is 0.221 e. The van der Waals surface area contributed by atoms with Crippen LogP contribution in [0.4, 0.5) is 0 Å². The summed E-state index contributed by atoms with van der Waals surface area (Å²) in [6.07, 6.45) is 3.59. The highest BCUT2D eigenvalue weighted by Gasteiger charge is 2.26. The number of nitriles is 1. The van der Waals surface area contributed by atoms with Gasteiger partial charge in [-0.15, -0.1) is 0 Å². The van der Waals surface area contributed by atoms with Gasteiger partial charge in [0.1, 0.15) is 0 Å². The summed E-state index contributed by atoms with van der Waals surface area (Å²) in [4.78, 5) is 11.4. The summed E-state index contributed by atoms with van der Waals surface area (Å²) in [5, 5.41) is 15.0. The van der Waals surface area contributed by atoms with Crippen LogP contribution in [0.2, 0.25) is 0 Å². The van der Waals surface area contributed by atoms with Crippen molar-refractivity contribution < 1.29 is 9.53 Å². The molecule has 2 unspecified atom stereocenters. The van der Waals surface area contributed by atoms with Gasteiger partial charge in [0.15, 0.2) is 0 Å². The average Bonchev–Trinajstić information content (AvgIpc) is 2.77. The van der Waals surface area contributed by atoms with E-state index in [0.717, 1.165) is 19.3 Å². The Balaban J connectivity index is 2.07. The first-order chi connectivity index (χ1) is 8.27. The van der Waals surface area contributed by atoms with Gasteiger partial charge in [-0.05, 0) is 12.8 Å². The Kier molecular flexibility index (Phi) is 6.60. The molecule has 0 saturated heterocycles. The molecule has 5 heteroatoms. The molecule has 2 atom stereocenters. The molecule has 1 fully saturated rings. The van der Waals surface area contributed by atoms with Gasteiger partial charge in [-0.25, -0.2) is 0 Å². The van der Waals surface area contributed by atoms with Crippen molar-refractivity contribution >= 4 is 5.91 Å². The summed E-state index contributed by atoms with van der Waals surface area (Å²) >= 11 is 0. The number of nitrogens with one attached hydrogen (secondary N) is 2. The summed E-state index contributed by atoms with van der Waals surface area (Å²) < 4.78 is 4.84. The van der Waals surface area contributed by atoms with Gasteiger partial charge in [0.25, 0.3) is 0 Å². The predicted octanol–water partition coefficient (Wildman–Crippen LogP) is 0.421. The van der Waals surface area contributed by atoms with Crippen LogP contribution in [-0.2, 0) is 9.53 Å². The maximum atomic E-state index is 11.4. The summed E-state index contributed by atoms with van der Waals surface area (Å²) in [7, 11) is 1.61. The van der Waals surface area contributed by atoms with E-state index in [1.54, 1.807) is 7.11 Å². The molecule has 0 heterocycles. The van der Waals surface area contributed by atoms with Crippen molar-refractivity contribution in [3.8, 4) is 6.07 Å². The monoisotopic (exact) mass is 239 g/mol. The van der Waals surface area contributed by atoms with E-state index < -0.39 is 0 Å². The lowest BCUT2D eigenvalue weighted by Gasteiger charge is -2.15. The van der Waals surface area contributed by atoms with E-state index in [1.807, 2.05) is 0 Å². The van der Waals surface area contributed by atoms with E-state index in [2.05, 4.69) is 16.7 Å². The van der Waals surface area contributed by atoms with Gasteiger partial charge in [0, 0.05) is 32.7 Å². The Morgan fingerprint density at radius 1 is 1.47 bits per heavy atom. The normalized spacial score (nSPS) is 23.3. The molecule has 96 valence electrons. The third-order valence-corrected chi connectivity index (χ3v) is 3.07. The van der Waals surface area contributed by atoms with E-state index in [9.17, 15) is 4.79 Å². The van der Waals surface area contributed by atoms with Crippen LogP contribution in [0, 0.1) is 17.2 Å². The summed E-state index contributed by atoms with van der Waals surface area (Å²) in [5.41, 5.74) is 0. The van der Waals surface area contributed by atoms with E-state index in [4.69, 9.17) is 10.00 Å². The molecule has 2 N–H and O–H groups in total. The topological polar surface area (TPSA) is 74.2 Å². The summed E-state index contributed by atoms with van der Waals surface area (Å²) in [5.74, 6) is 0.146. The molecule has 0 aromatic carbocycles. The Hall–Kier alpha value is -1.12. The molecule has 1 rings (SSSR count). The molecule has 0 radical (unpaired) electrons. The lowest BCUT2D eigenvalue weighted by molar-refractivity contribution is -0.121. The third-order valence-electron chi connectivity index (χ3n) is 3.07. The lowest BCUT2D eigenvalue weighted by Crippen LogP contribution is -2.36. The Morgan fingerprint density at radius 3 is 3.00 bits per heavy atom. The van der Waals surface area contributed by atoms with Crippen molar-refractivity contribution in [1.82, 2.24) is 10.6 Å². The van der Waals surface area contributed by atoms with E-state index in [1.165, 1.54) is 0 Å². The number of carbonyl (C=O) groups excluding carboxylic acids is 1. The highest BCUT2D eigenvalue weighted by Crippen LogP contribution is 2.24. The lowest BCUT2D eigenvalue weighted by atomic mass is 10.1. The fourth-order valence-electron chi connectivity index (χ4n) is 2.11. The van der Waals surface area contributed by atoms with Crippen molar-refractivity contribution in [1.29, 1.82) is 5.26 Å². The standard InChI is InChI=1S/C12H21N3O2/c1-17-8-7-15-12(16)5-6-14-11-4-2-3-10(11)9-13/h10-11,14H,2-8H2,1H3,(H,15,16). The Labute approximate surface area is 103 Å². The molecular weight excluding hydrogens is 218 g/mol. The largest absolute Gasteiger partial charge is 0.383 e. The average molecular weight is 239 g/mol. The van der Waals surface area contributed by atoms with Crippen LogP contribution >= 0.6 is 0 Å². The number of ether oxygens (including phenoxy) is 1. The van der Waals surface area contributed by atoms with Gasteiger partial charge in [0.2, 0.25) is 5.91 Å². The molecule has 1 saturated carbocycles. The van der Waals surface area contributed by atoms with Crippen molar-refractivity contribution in [2.45, 2.75) is 31.7 Å². The zero-order chi connectivity index (χ0) is 12.5. The molecule has 0 aromatic heterocycles. The van der Waals surface area contributed by atoms with Crippen LogP contribution in [0.1, 0.15) is 25.7 Å². The van der Waals surface area contributed by atoms with Crippen LogP contribution in [0.15, 0.2) is 0 Å². The molecule has 0 bridgehead atoms. The van der Waals surface area contributed by atoms with Gasteiger partial charge in [0.05, 0.1) is 18.6 Å². The summed E-state index contributed by atoms with van der Waals surface area (Å²) in [6.45, 7) is 1.74. The van der Waals surface area contributed by atoms with Crippen LogP contribution in [0.25, 0.3) is 0 Å². The molecule has 1 aliphatic rings. The number of nitrogens with zero attached hydrogens (tertiary/aromatic N) is 1. The minimum Gasteiger partial charge on any atom is -0.383 e. The van der Waals surface area contributed by atoms with E-state index in [0.29, 0.717) is 26.1 Å². The first kappa shape index (κ1) is 13.9. The number of amides is 1. The Morgan fingerprint density at radius 2 is 2.29 bits per heavy atom. The molecule has 1 amide bonds. The van der Waals surface area contributed by atoms with Crippen LogP contribution in [0.5, 0.6) is 0 Å². The van der Waals surface area contributed by atoms with Gasteiger partial charge in [-0.1, -0.05) is 6.42 Å². The second-order valence-corrected chi connectivity index (χ2v) is 4.32. The SMILES string of the molecule is COCCNC(=O)CCNC1CCCC1C#N. The van der Waals surface area contributed by atoms with Gasteiger partial charge >= 0.3 is 0 Å². The number of hydrogen-bond acceptors (Lipinski definition) is 4. The van der Waals surface area contributed by atoms with Crippen LogP contribution < -0.4 is 10.6 Å². The fraction of sp³-hybridized carbons (Fsp3) is 0.833. The minimum atomic E-state index is 0.0288. The second-order valence-electron chi connectivity index (χ2n) is 4.32. The van der Waals surface area contributed by atoms with E-state index in [-0.39, 0.29) is 17.9 Å². The van der Waals surface area contributed by atoms with E-state index >= 15 is 0 Å². The van der Waals surface area contributed by atoms with Crippen molar-refractivity contribution in [2.75, 3.05) is 26.8 Å². The fourth-order valence-corrected chi connectivity index (χ4v) is 2.11. The highest BCUT2D eigenvalue weighted by atomic mass is 16.5. The van der Waals surface area contributed by atoms with Crippen molar-refractivity contribution in [2.24, 2.45) is 5.92 Å². The number of methoxy groups -OCH3 is 1. The molecule has 0 spiro atoms. The van der Waals surface area contributed by atoms with Gasteiger partial charge in [-0.3, -0.25) is 4.79 Å². The van der Waals surface area contributed by atoms with Gasteiger partial charge in [-0.2, -0.15) is 5.26 Å². The third kappa shape index (κ3) is 5.16. The highest BCUT2D eigenvalue weighted by molar-refractivity contribution is 5.76. The molecule has 0 aromatic rings.